The van der Waals surface area contributed by atoms with Gasteiger partial charge in [0.2, 0.25) is 10.0 Å². The standard InChI is InChI=1S/C11H24N2O2S.ClH/c1-5-6-9-16(14,15)13(4)8-7-11(12)10(2)3;/h5,10-11H,1,6-9,12H2,2-4H3;1H. The van der Waals surface area contributed by atoms with Crippen LogP contribution in [0.25, 0.3) is 0 Å². The van der Waals surface area contributed by atoms with Crippen LogP contribution < -0.4 is 5.73 Å². The topological polar surface area (TPSA) is 63.4 Å². The molecule has 0 aromatic carbocycles. The minimum atomic E-state index is -3.14. The maximum Gasteiger partial charge on any atom is 0.214 e. The highest BCUT2D eigenvalue weighted by molar-refractivity contribution is 7.89. The van der Waals surface area contributed by atoms with Crippen LogP contribution in [0.4, 0.5) is 0 Å². The molecule has 0 aliphatic carbocycles. The minimum Gasteiger partial charge on any atom is -0.327 e. The summed E-state index contributed by atoms with van der Waals surface area (Å²) in [6.45, 7) is 8.08. The zero-order valence-corrected chi connectivity index (χ0v) is 12.6. The third-order valence-electron chi connectivity index (χ3n) is 2.69. The Bertz CT molecular complexity index is 305. The third-order valence-corrected chi connectivity index (χ3v) is 4.57. The fourth-order valence-corrected chi connectivity index (χ4v) is 2.35. The molecule has 0 rings (SSSR count). The molecule has 0 saturated heterocycles. The normalized spacial score (nSPS) is 13.5. The van der Waals surface area contributed by atoms with E-state index >= 15 is 0 Å². The Hall–Kier alpha value is -0.100. The van der Waals surface area contributed by atoms with Crippen LogP contribution in [-0.4, -0.2) is 38.1 Å². The summed E-state index contributed by atoms with van der Waals surface area (Å²) in [5, 5.41) is 0. The van der Waals surface area contributed by atoms with Crippen molar-refractivity contribution in [3.8, 4) is 0 Å². The number of allylic oxidation sites excluding steroid dienone is 1. The predicted octanol–water partition coefficient (Wildman–Crippen LogP) is 1.62. The second-order valence-electron chi connectivity index (χ2n) is 4.41. The maximum absolute atomic E-state index is 11.7. The second kappa shape index (κ2) is 8.91. The summed E-state index contributed by atoms with van der Waals surface area (Å²) in [4.78, 5) is 0. The summed E-state index contributed by atoms with van der Waals surface area (Å²) in [5.41, 5.74) is 5.87. The first-order chi connectivity index (χ1) is 7.31. The first-order valence-electron chi connectivity index (χ1n) is 5.61. The second-order valence-corrected chi connectivity index (χ2v) is 6.61. The van der Waals surface area contributed by atoms with E-state index in [1.165, 1.54) is 4.31 Å². The largest absolute Gasteiger partial charge is 0.327 e. The summed E-state index contributed by atoms with van der Waals surface area (Å²) in [5.74, 6) is 0.508. The summed E-state index contributed by atoms with van der Waals surface area (Å²) in [6, 6.07) is 0.0528. The highest BCUT2D eigenvalue weighted by atomic mass is 35.5. The quantitative estimate of drug-likeness (QED) is 0.689. The minimum absolute atomic E-state index is 0. The van der Waals surface area contributed by atoms with Gasteiger partial charge in [0.05, 0.1) is 5.75 Å². The lowest BCUT2D eigenvalue weighted by Gasteiger charge is -2.21. The van der Waals surface area contributed by atoms with Crippen LogP contribution in [0.5, 0.6) is 0 Å². The molecule has 1 atom stereocenters. The molecular weight excluding hydrogens is 260 g/mol. The van der Waals surface area contributed by atoms with Crippen LogP contribution >= 0.6 is 12.4 Å². The molecule has 0 aromatic heterocycles. The van der Waals surface area contributed by atoms with Crippen LogP contribution in [-0.2, 0) is 10.0 Å². The number of rotatable bonds is 8. The van der Waals surface area contributed by atoms with Crippen molar-refractivity contribution in [2.24, 2.45) is 11.7 Å². The zero-order chi connectivity index (χ0) is 12.8. The Morgan fingerprint density at radius 1 is 1.41 bits per heavy atom. The smallest absolute Gasteiger partial charge is 0.214 e. The van der Waals surface area contributed by atoms with Crippen LogP contribution in [0, 0.1) is 5.92 Å². The Balaban J connectivity index is 0. The molecule has 0 spiro atoms. The van der Waals surface area contributed by atoms with Crippen molar-refractivity contribution in [1.29, 1.82) is 0 Å². The van der Waals surface area contributed by atoms with Gasteiger partial charge in [-0.2, -0.15) is 0 Å². The van der Waals surface area contributed by atoms with Gasteiger partial charge in [0.1, 0.15) is 0 Å². The molecule has 0 fully saturated rings. The van der Waals surface area contributed by atoms with E-state index in [1.807, 2.05) is 13.8 Å². The lowest BCUT2D eigenvalue weighted by atomic mass is 10.0. The molecule has 0 aliphatic rings. The van der Waals surface area contributed by atoms with Crippen molar-refractivity contribution in [3.63, 3.8) is 0 Å². The Morgan fingerprint density at radius 3 is 2.35 bits per heavy atom. The molecule has 0 aliphatic heterocycles. The number of sulfonamides is 1. The van der Waals surface area contributed by atoms with Crippen molar-refractivity contribution < 1.29 is 8.42 Å². The van der Waals surface area contributed by atoms with Gasteiger partial charge in [-0.05, 0) is 18.8 Å². The number of nitrogens with zero attached hydrogens (tertiary/aromatic N) is 1. The number of hydrogen-bond acceptors (Lipinski definition) is 3. The predicted molar refractivity (Wildman–Crippen MR) is 75.9 cm³/mol. The third kappa shape index (κ3) is 7.76. The van der Waals surface area contributed by atoms with Crippen LogP contribution in [0.2, 0.25) is 0 Å². The van der Waals surface area contributed by atoms with Crippen molar-refractivity contribution in [3.05, 3.63) is 12.7 Å². The van der Waals surface area contributed by atoms with Crippen molar-refractivity contribution in [2.45, 2.75) is 32.7 Å². The molecular formula is C11H25ClN2O2S. The molecule has 0 bridgehead atoms. The van der Waals surface area contributed by atoms with Crippen molar-refractivity contribution in [1.82, 2.24) is 4.31 Å². The van der Waals surface area contributed by atoms with Gasteiger partial charge in [-0.15, -0.1) is 19.0 Å². The van der Waals surface area contributed by atoms with E-state index in [-0.39, 0.29) is 24.2 Å². The SMILES string of the molecule is C=CCCS(=O)(=O)N(C)CCC(N)C(C)C.Cl. The zero-order valence-electron chi connectivity index (χ0n) is 10.9. The molecule has 4 nitrogen and oxygen atoms in total. The van der Waals surface area contributed by atoms with E-state index in [9.17, 15) is 8.42 Å². The Morgan fingerprint density at radius 2 is 1.94 bits per heavy atom. The monoisotopic (exact) mass is 284 g/mol. The summed E-state index contributed by atoms with van der Waals surface area (Å²) < 4.78 is 24.8. The number of nitrogens with two attached hydrogens (primary N) is 1. The summed E-state index contributed by atoms with van der Waals surface area (Å²) >= 11 is 0. The van der Waals surface area contributed by atoms with E-state index in [1.54, 1.807) is 13.1 Å². The van der Waals surface area contributed by atoms with Gasteiger partial charge in [-0.25, -0.2) is 12.7 Å². The summed E-state index contributed by atoms with van der Waals surface area (Å²) in [6.07, 6.45) is 2.80. The first kappa shape index (κ1) is 19.2. The number of halogens is 1. The van der Waals surface area contributed by atoms with Crippen LogP contribution in [0.15, 0.2) is 12.7 Å². The molecule has 0 heterocycles. The van der Waals surface area contributed by atoms with Crippen LogP contribution in [0.1, 0.15) is 26.7 Å². The highest BCUT2D eigenvalue weighted by Crippen LogP contribution is 2.07. The molecule has 1 unspecified atom stereocenters. The van der Waals surface area contributed by atoms with Crippen molar-refractivity contribution >= 4 is 22.4 Å². The molecule has 0 radical (unpaired) electrons. The Labute approximate surface area is 112 Å². The first-order valence-corrected chi connectivity index (χ1v) is 7.22. The number of hydrogen-bond donors (Lipinski definition) is 1. The summed E-state index contributed by atoms with van der Waals surface area (Å²) in [7, 11) is -1.53. The van der Waals surface area contributed by atoms with Gasteiger partial charge < -0.3 is 5.73 Å². The van der Waals surface area contributed by atoms with Gasteiger partial charge in [0, 0.05) is 19.6 Å². The molecule has 0 aromatic rings. The van der Waals surface area contributed by atoms with Gasteiger partial charge in [-0.1, -0.05) is 19.9 Å². The molecule has 104 valence electrons. The molecule has 2 N–H and O–H groups in total. The molecule has 0 saturated carbocycles. The van der Waals surface area contributed by atoms with Gasteiger partial charge >= 0.3 is 0 Å². The lowest BCUT2D eigenvalue weighted by Crippen LogP contribution is -2.35. The molecule has 17 heavy (non-hydrogen) atoms. The van der Waals surface area contributed by atoms with Gasteiger partial charge in [-0.3, -0.25) is 0 Å². The average Bonchev–Trinajstić information content (AvgIpc) is 2.22. The fraction of sp³-hybridized carbons (Fsp3) is 0.818. The fourth-order valence-electron chi connectivity index (χ4n) is 1.19. The lowest BCUT2D eigenvalue weighted by molar-refractivity contribution is 0.397. The molecule has 6 heteroatoms. The van der Waals surface area contributed by atoms with Gasteiger partial charge in [0.25, 0.3) is 0 Å². The van der Waals surface area contributed by atoms with Gasteiger partial charge in [0.15, 0.2) is 0 Å². The van der Waals surface area contributed by atoms with E-state index in [4.69, 9.17) is 5.73 Å². The van der Waals surface area contributed by atoms with Crippen LogP contribution in [0.3, 0.4) is 0 Å². The van der Waals surface area contributed by atoms with E-state index in [2.05, 4.69) is 6.58 Å². The van der Waals surface area contributed by atoms with E-state index in [0.717, 1.165) is 0 Å². The van der Waals surface area contributed by atoms with E-state index in [0.29, 0.717) is 25.3 Å². The Kier molecular flexibility index (Phi) is 10.1. The van der Waals surface area contributed by atoms with Crippen molar-refractivity contribution in [2.75, 3.05) is 19.3 Å². The molecule has 0 amide bonds. The maximum atomic E-state index is 11.7. The van der Waals surface area contributed by atoms with E-state index < -0.39 is 10.0 Å². The average molecular weight is 285 g/mol. The highest BCUT2D eigenvalue weighted by Gasteiger charge is 2.18.